The van der Waals surface area contributed by atoms with Crippen LogP contribution in [0, 0.1) is 10.1 Å². The van der Waals surface area contributed by atoms with Crippen molar-refractivity contribution < 1.29 is 24.0 Å². The number of carbonyl (C=O) groups excluding carboxylic acids is 3. The first-order valence-corrected chi connectivity index (χ1v) is 12.3. The monoisotopic (exact) mass is 520 g/mol. The fourth-order valence-electron chi connectivity index (χ4n) is 3.77. The van der Waals surface area contributed by atoms with Gasteiger partial charge in [0.1, 0.15) is 11.3 Å². The Morgan fingerprint density at radius 1 is 1.14 bits per heavy atom. The highest BCUT2D eigenvalue weighted by Crippen LogP contribution is 2.37. The molecule has 36 heavy (non-hydrogen) atoms. The molecule has 5 rings (SSSR count). The lowest BCUT2D eigenvalue weighted by Gasteiger charge is -2.13. The molecular formula is C24H16N4O6S2. The van der Waals surface area contributed by atoms with E-state index in [1.165, 1.54) is 41.3 Å². The number of nitro groups is 1. The molecule has 180 valence electrons. The number of nitrogens with one attached hydrogen (secondary N) is 1. The first-order valence-electron chi connectivity index (χ1n) is 10.5. The number of benzene rings is 3. The normalized spacial score (nSPS) is 12.6. The van der Waals surface area contributed by atoms with Crippen LogP contribution in [0.4, 0.5) is 17.1 Å². The van der Waals surface area contributed by atoms with E-state index in [-0.39, 0.29) is 22.8 Å². The molecule has 1 N–H and O–H groups in total. The van der Waals surface area contributed by atoms with Crippen LogP contribution in [-0.4, -0.2) is 40.5 Å². The van der Waals surface area contributed by atoms with Gasteiger partial charge in [0.15, 0.2) is 4.34 Å². The highest BCUT2D eigenvalue weighted by Gasteiger charge is 2.41. The Labute approximate surface area is 212 Å². The maximum absolute atomic E-state index is 13.0. The summed E-state index contributed by atoms with van der Waals surface area (Å²) in [5.41, 5.74) is 0.932. The molecule has 0 saturated carbocycles. The van der Waals surface area contributed by atoms with E-state index in [4.69, 9.17) is 4.74 Å². The van der Waals surface area contributed by atoms with Gasteiger partial charge >= 0.3 is 0 Å². The molecule has 0 fully saturated rings. The minimum Gasteiger partial charge on any atom is -0.497 e. The van der Waals surface area contributed by atoms with E-state index in [1.807, 2.05) is 0 Å². The maximum Gasteiger partial charge on any atom is 0.283 e. The van der Waals surface area contributed by atoms with Crippen molar-refractivity contribution in [3.63, 3.8) is 0 Å². The summed E-state index contributed by atoms with van der Waals surface area (Å²) in [6.07, 6.45) is 0. The van der Waals surface area contributed by atoms with Crippen LogP contribution in [0.5, 0.6) is 5.75 Å². The Bertz CT molecular complexity index is 1570. The average molecular weight is 521 g/mol. The fourth-order valence-corrected chi connectivity index (χ4v) is 5.67. The van der Waals surface area contributed by atoms with Gasteiger partial charge in [0.2, 0.25) is 5.91 Å². The number of fused-ring (bicyclic) bond motifs is 2. The molecule has 0 aliphatic carbocycles. The lowest BCUT2D eigenvalue weighted by Crippen LogP contribution is -2.29. The Kier molecular flexibility index (Phi) is 6.12. The molecule has 0 radical (unpaired) electrons. The van der Waals surface area contributed by atoms with Crippen molar-refractivity contribution in [3.05, 3.63) is 81.9 Å². The van der Waals surface area contributed by atoms with Gasteiger partial charge in [-0.15, -0.1) is 11.3 Å². The minimum atomic E-state index is -0.741. The molecule has 2 heterocycles. The van der Waals surface area contributed by atoms with E-state index in [0.29, 0.717) is 31.7 Å². The van der Waals surface area contributed by atoms with Gasteiger partial charge in [0, 0.05) is 17.8 Å². The van der Waals surface area contributed by atoms with Crippen LogP contribution in [0.25, 0.3) is 10.2 Å². The predicted molar refractivity (Wildman–Crippen MR) is 136 cm³/mol. The molecular weight excluding hydrogens is 504 g/mol. The zero-order valence-electron chi connectivity index (χ0n) is 18.6. The zero-order chi connectivity index (χ0) is 25.4. The van der Waals surface area contributed by atoms with Gasteiger partial charge < -0.3 is 10.1 Å². The van der Waals surface area contributed by atoms with Crippen molar-refractivity contribution in [2.75, 3.05) is 23.1 Å². The van der Waals surface area contributed by atoms with Crippen molar-refractivity contribution >= 4 is 68.1 Å². The molecule has 3 amide bonds. The quantitative estimate of drug-likeness (QED) is 0.160. The van der Waals surface area contributed by atoms with Gasteiger partial charge in [0.25, 0.3) is 17.5 Å². The van der Waals surface area contributed by atoms with Gasteiger partial charge in [-0.25, -0.2) is 9.88 Å². The summed E-state index contributed by atoms with van der Waals surface area (Å²) in [5.74, 6) is -0.802. The first kappa shape index (κ1) is 23.5. The summed E-state index contributed by atoms with van der Waals surface area (Å²) in [6, 6.07) is 15.9. The number of imide groups is 1. The number of thioether (sulfide) groups is 1. The van der Waals surface area contributed by atoms with Crippen LogP contribution < -0.4 is 15.0 Å². The minimum absolute atomic E-state index is 0.00288. The summed E-state index contributed by atoms with van der Waals surface area (Å²) in [7, 11) is 1.55. The molecule has 1 aliphatic heterocycles. The molecule has 0 saturated heterocycles. The number of hydrogen-bond donors (Lipinski definition) is 1. The number of thiazole rings is 1. The number of aromatic nitrogens is 1. The van der Waals surface area contributed by atoms with Gasteiger partial charge in [-0.2, -0.15) is 0 Å². The van der Waals surface area contributed by atoms with Crippen molar-refractivity contribution in [2.24, 2.45) is 0 Å². The highest BCUT2D eigenvalue weighted by molar-refractivity contribution is 8.01. The smallest absolute Gasteiger partial charge is 0.283 e. The molecule has 4 aromatic rings. The van der Waals surface area contributed by atoms with Gasteiger partial charge in [-0.1, -0.05) is 23.9 Å². The number of carbonyl (C=O) groups is 3. The third kappa shape index (κ3) is 4.27. The molecule has 0 spiro atoms. The molecule has 0 unspecified atom stereocenters. The van der Waals surface area contributed by atoms with Gasteiger partial charge in [-0.05, 0) is 36.4 Å². The maximum atomic E-state index is 13.0. The van der Waals surface area contributed by atoms with Crippen LogP contribution in [-0.2, 0) is 4.79 Å². The fraction of sp³-hybridized carbons (Fsp3) is 0.0833. The molecule has 0 atom stereocenters. The lowest BCUT2D eigenvalue weighted by molar-refractivity contribution is -0.385. The third-order valence-electron chi connectivity index (χ3n) is 5.38. The van der Waals surface area contributed by atoms with Crippen LogP contribution in [0.15, 0.2) is 65.0 Å². The summed E-state index contributed by atoms with van der Waals surface area (Å²) in [6.45, 7) is 0. The number of nitrogens with zero attached hydrogens (tertiary/aromatic N) is 3. The molecule has 1 aliphatic rings. The number of ether oxygens (including phenoxy) is 1. The number of amides is 3. The Morgan fingerprint density at radius 2 is 1.94 bits per heavy atom. The number of nitro benzene ring substituents is 1. The van der Waals surface area contributed by atoms with E-state index >= 15 is 0 Å². The van der Waals surface area contributed by atoms with E-state index in [1.54, 1.807) is 49.6 Å². The molecule has 12 heteroatoms. The number of methoxy groups -OCH3 is 1. The standard InChI is InChI=1S/C24H16N4O6S2/c1-34-15-5-2-4-13(10-15)25-20(29)12-35-24-26-17-9-8-14(11-19(17)36-24)27-22(30)16-6-3-7-18(28(32)33)21(16)23(27)31/h2-11H,12H2,1H3,(H,25,29). The van der Waals surface area contributed by atoms with Crippen LogP contribution in [0.2, 0.25) is 0 Å². The first-order chi connectivity index (χ1) is 17.4. The van der Waals surface area contributed by atoms with Crippen LogP contribution in [0.1, 0.15) is 20.7 Å². The van der Waals surface area contributed by atoms with E-state index in [9.17, 15) is 24.5 Å². The highest BCUT2D eigenvalue weighted by atomic mass is 32.2. The number of rotatable bonds is 7. The summed E-state index contributed by atoms with van der Waals surface area (Å²) >= 11 is 2.57. The SMILES string of the molecule is COc1cccc(NC(=O)CSc2nc3ccc(N4C(=O)c5cccc([N+](=O)[O-])c5C4=O)cc3s2)c1. The van der Waals surface area contributed by atoms with E-state index < -0.39 is 22.4 Å². The summed E-state index contributed by atoms with van der Waals surface area (Å²) < 4.78 is 6.50. The molecule has 10 nitrogen and oxygen atoms in total. The van der Waals surface area contributed by atoms with E-state index in [2.05, 4.69) is 10.3 Å². The third-order valence-corrected chi connectivity index (χ3v) is 7.54. The van der Waals surface area contributed by atoms with Crippen LogP contribution >= 0.6 is 23.1 Å². The number of hydrogen-bond acceptors (Lipinski definition) is 9. The second-order valence-corrected chi connectivity index (χ2v) is 9.86. The van der Waals surface area contributed by atoms with Crippen molar-refractivity contribution in [3.8, 4) is 5.75 Å². The van der Waals surface area contributed by atoms with Gasteiger partial charge in [0.05, 0.1) is 39.3 Å². The van der Waals surface area contributed by atoms with Gasteiger partial charge in [-0.3, -0.25) is 24.5 Å². The largest absolute Gasteiger partial charge is 0.497 e. The summed E-state index contributed by atoms with van der Waals surface area (Å²) in [5, 5.41) is 14.2. The molecule has 1 aromatic heterocycles. The molecule has 0 bridgehead atoms. The Balaban J connectivity index is 1.32. The van der Waals surface area contributed by atoms with Crippen molar-refractivity contribution in [2.45, 2.75) is 4.34 Å². The lowest BCUT2D eigenvalue weighted by atomic mass is 10.1. The Hall–Kier alpha value is -4.29. The molecule has 3 aromatic carbocycles. The Morgan fingerprint density at radius 3 is 2.72 bits per heavy atom. The number of anilines is 2. The average Bonchev–Trinajstić information content (AvgIpc) is 3.40. The predicted octanol–water partition coefficient (Wildman–Crippen LogP) is 4.74. The van der Waals surface area contributed by atoms with E-state index in [0.717, 1.165) is 4.90 Å². The summed E-state index contributed by atoms with van der Waals surface area (Å²) in [4.78, 5) is 54.4. The topological polar surface area (TPSA) is 132 Å². The second kappa shape index (κ2) is 9.40. The second-order valence-electron chi connectivity index (χ2n) is 7.60. The zero-order valence-corrected chi connectivity index (χ0v) is 20.2. The van der Waals surface area contributed by atoms with Crippen molar-refractivity contribution in [1.82, 2.24) is 4.98 Å². The van der Waals surface area contributed by atoms with Crippen molar-refractivity contribution in [1.29, 1.82) is 0 Å². The van der Waals surface area contributed by atoms with Crippen LogP contribution in [0.3, 0.4) is 0 Å².